The van der Waals surface area contributed by atoms with E-state index in [1.54, 1.807) is 17.5 Å². The fraction of sp³-hybridized carbons (Fsp3) is 0.579. The maximum atomic E-state index is 6.17. The Labute approximate surface area is 153 Å². The Balaban J connectivity index is 1.23. The second kappa shape index (κ2) is 7.40. The van der Waals surface area contributed by atoms with Crippen LogP contribution >= 0.6 is 11.3 Å². The van der Waals surface area contributed by atoms with E-state index < -0.39 is 0 Å². The molecule has 25 heavy (non-hydrogen) atoms. The van der Waals surface area contributed by atoms with Gasteiger partial charge in [0, 0.05) is 43.4 Å². The monoisotopic (exact) mass is 359 g/mol. The molecular weight excluding hydrogens is 334 g/mol. The predicted molar refractivity (Wildman–Crippen MR) is 97.9 cm³/mol. The van der Waals surface area contributed by atoms with Crippen molar-refractivity contribution in [1.82, 2.24) is 14.9 Å². The number of hydrogen-bond donors (Lipinski definition) is 0. The van der Waals surface area contributed by atoms with Crippen LogP contribution in [0.2, 0.25) is 0 Å². The minimum Gasteiger partial charge on any atom is -0.478 e. The van der Waals surface area contributed by atoms with Gasteiger partial charge in [0.2, 0.25) is 5.88 Å². The Morgan fingerprint density at radius 1 is 1.36 bits per heavy atom. The number of nitrogens with zero attached hydrogens (tertiary/aromatic N) is 3. The average Bonchev–Trinajstić information content (AvgIpc) is 3.00. The van der Waals surface area contributed by atoms with Crippen molar-refractivity contribution in [2.24, 2.45) is 5.92 Å². The van der Waals surface area contributed by atoms with Crippen LogP contribution in [-0.4, -0.2) is 46.8 Å². The van der Waals surface area contributed by atoms with Crippen molar-refractivity contribution >= 4 is 11.3 Å². The van der Waals surface area contributed by atoms with Gasteiger partial charge in [0.25, 0.3) is 0 Å². The molecule has 134 valence electrons. The van der Waals surface area contributed by atoms with Crippen molar-refractivity contribution in [2.75, 3.05) is 26.3 Å². The summed E-state index contributed by atoms with van der Waals surface area (Å²) in [5.74, 6) is 1.41. The Bertz CT molecular complexity index is 685. The van der Waals surface area contributed by atoms with E-state index in [1.807, 2.05) is 23.7 Å². The zero-order valence-electron chi connectivity index (χ0n) is 14.7. The molecule has 5 nitrogen and oxygen atoms in total. The molecule has 4 heterocycles. The number of hydrogen-bond acceptors (Lipinski definition) is 6. The lowest BCUT2D eigenvalue weighted by Gasteiger charge is -2.53. The summed E-state index contributed by atoms with van der Waals surface area (Å²) in [5, 5.41) is 0. The Kier molecular flexibility index (Phi) is 5.01. The van der Waals surface area contributed by atoms with Gasteiger partial charge < -0.3 is 9.47 Å². The van der Waals surface area contributed by atoms with E-state index in [2.05, 4.69) is 21.8 Å². The minimum absolute atomic E-state index is 0.0759. The molecule has 2 saturated heterocycles. The van der Waals surface area contributed by atoms with Gasteiger partial charge in [-0.15, -0.1) is 11.3 Å². The molecule has 2 aliphatic heterocycles. The first-order valence-corrected chi connectivity index (χ1v) is 9.90. The first-order valence-electron chi connectivity index (χ1n) is 9.02. The summed E-state index contributed by atoms with van der Waals surface area (Å²) in [6.45, 7) is 6.80. The largest absolute Gasteiger partial charge is 0.478 e. The maximum Gasteiger partial charge on any atom is 0.213 e. The van der Waals surface area contributed by atoms with Crippen LogP contribution in [0.1, 0.15) is 29.8 Å². The minimum atomic E-state index is 0.0759. The van der Waals surface area contributed by atoms with Crippen LogP contribution in [0, 0.1) is 12.8 Å². The van der Waals surface area contributed by atoms with Crippen LogP contribution in [0.15, 0.2) is 29.9 Å². The van der Waals surface area contributed by atoms with E-state index >= 15 is 0 Å². The first-order chi connectivity index (χ1) is 12.2. The molecule has 0 aromatic carbocycles. The second-order valence-electron chi connectivity index (χ2n) is 7.20. The maximum absolute atomic E-state index is 6.17. The standard InChI is InChI=1S/C19H25N3O2S/c1-15-17(25-14-21-15)11-22-12-19(13-22)10-16(6-9-24-19)5-8-23-18-4-2-3-7-20-18/h2-4,7,14,16H,5-6,8-13H2,1H3. The molecule has 0 N–H and O–H groups in total. The van der Waals surface area contributed by atoms with Gasteiger partial charge >= 0.3 is 0 Å². The predicted octanol–water partition coefficient (Wildman–Crippen LogP) is 3.30. The van der Waals surface area contributed by atoms with Gasteiger partial charge in [0.05, 0.1) is 23.4 Å². The molecule has 2 aromatic heterocycles. The number of rotatable bonds is 6. The Morgan fingerprint density at radius 2 is 2.28 bits per heavy atom. The number of thiazole rings is 1. The second-order valence-corrected chi connectivity index (χ2v) is 8.14. The van der Waals surface area contributed by atoms with Gasteiger partial charge in [-0.3, -0.25) is 4.90 Å². The van der Waals surface area contributed by atoms with Crippen LogP contribution in [-0.2, 0) is 11.3 Å². The van der Waals surface area contributed by atoms with Crippen molar-refractivity contribution in [3.8, 4) is 5.88 Å². The zero-order chi connectivity index (χ0) is 17.1. The van der Waals surface area contributed by atoms with E-state index in [0.29, 0.717) is 5.92 Å². The number of aryl methyl sites for hydroxylation is 1. The summed E-state index contributed by atoms with van der Waals surface area (Å²) in [4.78, 5) is 12.4. The molecule has 2 aromatic rings. The third-order valence-corrected chi connectivity index (χ3v) is 6.16. The smallest absolute Gasteiger partial charge is 0.213 e. The van der Waals surface area contributed by atoms with Crippen molar-refractivity contribution in [1.29, 1.82) is 0 Å². The number of ether oxygens (including phenoxy) is 2. The highest BCUT2D eigenvalue weighted by molar-refractivity contribution is 7.09. The fourth-order valence-electron chi connectivity index (χ4n) is 3.92. The molecule has 1 unspecified atom stereocenters. The van der Waals surface area contributed by atoms with Gasteiger partial charge in [-0.1, -0.05) is 6.07 Å². The van der Waals surface area contributed by atoms with E-state index in [0.717, 1.165) is 58.0 Å². The molecule has 1 atom stereocenters. The molecule has 0 aliphatic carbocycles. The molecule has 2 fully saturated rings. The highest BCUT2D eigenvalue weighted by Crippen LogP contribution is 2.39. The van der Waals surface area contributed by atoms with Crippen LogP contribution in [0.4, 0.5) is 0 Å². The van der Waals surface area contributed by atoms with Gasteiger partial charge in [0.1, 0.15) is 0 Å². The Hall–Kier alpha value is -1.50. The summed E-state index contributed by atoms with van der Waals surface area (Å²) < 4.78 is 11.9. The first kappa shape index (κ1) is 16.9. The number of pyridine rings is 1. The third kappa shape index (κ3) is 4.02. The Morgan fingerprint density at radius 3 is 3.04 bits per heavy atom. The lowest BCUT2D eigenvalue weighted by molar-refractivity contribution is -0.181. The van der Waals surface area contributed by atoms with Gasteiger partial charge in [-0.25, -0.2) is 9.97 Å². The quantitative estimate of drug-likeness (QED) is 0.792. The summed E-state index contributed by atoms with van der Waals surface area (Å²) in [5.41, 5.74) is 3.18. The topological polar surface area (TPSA) is 47.5 Å². The molecule has 0 saturated carbocycles. The van der Waals surface area contributed by atoms with Gasteiger partial charge in [0.15, 0.2) is 0 Å². The summed E-state index contributed by atoms with van der Waals surface area (Å²) in [7, 11) is 0. The number of likely N-dealkylation sites (tertiary alicyclic amines) is 1. The van der Waals surface area contributed by atoms with E-state index in [-0.39, 0.29) is 5.60 Å². The zero-order valence-corrected chi connectivity index (χ0v) is 15.5. The molecule has 0 amide bonds. The molecule has 4 rings (SSSR count). The molecule has 0 bridgehead atoms. The molecule has 2 aliphatic rings. The SMILES string of the molecule is Cc1ncsc1CN1CC2(CC(CCOc3ccccn3)CCO2)C1. The normalized spacial score (nSPS) is 22.7. The van der Waals surface area contributed by atoms with Crippen molar-refractivity contribution < 1.29 is 9.47 Å². The highest BCUT2D eigenvalue weighted by atomic mass is 32.1. The molecular formula is C19H25N3O2S. The fourth-order valence-corrected chi connectivity index (χ4v) is 4.74. The van der Waals surface area contributed by atoms with Crippen LogP contribution in [0.25, 0.3) is 0 Å². The van der Waals surface area contributed by atoms with Crippen molar-refractivity contribution in [3.05, 3.63) is 40.5 Å². The van der Waals surface area contributed by atoms with E-state index in [9.17, 15) is 0 Å². The van der Waals surface area contributed by atoms with Crippen molar-refractivity contribution in [2.45, 2.75) is 38.3 Å². The third-order valence-electron chi connectivity index (χ3n) is 5.24. The van der Waals surface area contributed by atoms with Crippen LogP contribution < -0.4 is 4.74 Å². The number of aromatic nitrogens is 2. The summed E-state index contributed by atoms with van der Waals surface area (Å²) >= 11 is 1.76. The average molecular weight is 359 g/mol. The van der Waals surface area contributed by atoms with E-state index in [1.165, 1.54) is 10.6 Å². The van der Waals surface area contributed by atoms with Crippen LogP contribution in [0.5, 0.6) is 5.88 Å². The van der Waals surface area contributed by atoms with E-state index in [4.69, 9.17) is 9.47 Å². The van der Waals surface area contributed by atoms with Gasteiger partial charge in [-0.05, 0) is 38.2 Å². The lowest BCUT2D eigenvalue weighted by atomic mass is 9.79. The molecule has 0 radical (unpaired) electrons. The summed E-state index contributed by atoms with van der Waals surface area (Å²) in [6, 6.07) is 5.78. The molecule has 1 spiro atoms. The van der Waals surface area contributed by atoms with Crippen molar-refractivity contribution in [3.63, 3.8) is 0 Å². The highest BCUT2D eigenvalue weighted by Gasteiger charge is 2.47. The lowest BCUT2D eigenvalue weighted by Crippen LogP contribution is -2.64. The van der Waals surface area contributed by atoms with Gasteiger partial charge in [-0.2, -0.15) is 0 Å². The van der Waals surface area contributed by atoms with Crippen LogP contribution in [0.3, 0.4) is 0 Å². The summed E-state index contributed by atoms with van der Waals surface area (Å²) in [6.07, 6.45) is 5.14. The molecule has 6 heteroatoms.